The van der Waals surface area contributed by atoms with Gasteiger partial charge in [-0.15, -0.1) is 0 Å². The lowest BCUT2D eigenvalue weighted by Crippen LogP contribution is -2.37. The van der Waals surface area contributed by atoms with Crippen molar-refractivity contribution in [3.8, 4) is 0 Å². The van der Waals surface area contributed by atoms with E-state index in [4.69, 9.17) is 0 Å². The molecule has 8 nitrogen and oxygen atoms in total. The number of piperidine rings is 4. The van der Waals surface area contributed by atoms with Crippen LogP contribution in [0.4, 0.5) is 0 Å². The first-order chi connectivity index (χ1) is 31.3. The van der Waals surface area contributed by atoms with Gasteiger partial charge >= 0.3 is 0 Å². The first kappa shape index (κ1) is 61.7. The second-order valence-electron chi connectivity index (χ2n) is 20.7. The fourth-order valence-corrected chi connectivity index (χ4v) is 10.2. The lowest BCUT2D eigenvalue weighted by atomic mass is 10.1. The molecule has 8 heterocycles. The Labute approximate surface area is 404 Å². The molecule has 64 heavy (non-hydrogen) atoms. The topological polar surface area (TPSA) is 34.7 Å². The summed E-state index contributed by atoms with van der Waals surface area (Å²) in [4.78, 5) is 17.7. The fourth-order valence-electron chi connectivity index (χ4n) is 10.2. The number of nitrogens with one attached hydrogen (secondary N) is 1. The van der Waals surface area contributed by atoms with Gasteiger partial charge in [0.2, 0.25) is 0 Å². The van der Waals surface area contributed by atoms with Gasteiger partial charge in [-0.1, -0.05) is 73.6 Å². The molecule has 8 fully saturated rings. The molecule has 2 atom stereocenters. The van der Waals surface area contributed by atoms with Crippen molar-refractivity contribution in [1.29, 1.82) is 0 Å². The molecule has 0 bridgehead atoms. The summed E-state index contributed by atoms with van der Waals surface area (Å²) in [5.74, 6) is 0. The predicted molar refractivity (Wildman–Crippen MR) is 288 cm³/mol. The average molecular weight is 906 g/mol. The van der Waals surface area contributed by atoms with Crippen LogP contribution in [0.15, 0.2) is 0 Å². The molecule has 0 spiro atoms. The van der Waals surface area contributed by atoms with Crippen molar-refractivity contribution in [2.75, 3.05) is 138 Å². The summed E-state index contributed by atoms with van der Waals surface area (Å²) in [5.41, 5.74) is 0. The van der Waals surface area contributed by atoms with Gasteiger partial charge < -0.3 is 34.7 Å². The summed E-state index contributed by atoms with van der Waals surface area (Å²) in [6.45, 7) is 44.7. The van der Waals surface area contributed by atoms with E-state index in [9.17, 15) is 0 Å². The molecule has 0 aliphatic carbocycles. The van der Waals surface area contributed by atoms with E-state index < -0.39 is 0 Å². The molecule has 8 aliphatic heterocycles. The van der Waals surface area contributed by atoms with Gasteiger partial charge in [0.15, 0.2) is 0 Å². The van der Waals surface area contributed by atoms with E-state index in [2.05, 4.69) is 102 Å². The molecule has 8 aliphatic rings. The van der Waals surface area contributed by atoms with Crippen LogP contribution in [0.1, 0.15) is 216 Å². The lowest BCUT2D eigenvalue weighted by molar-refractivity contribution is 0.182. The van der Waals surface area contributed by atoms with Crippen molar-refractivity contribution in [1.82, 2.24) is 39.6 Å². The van der Waals surface area contributed by atoms with Crippen molar-refractivity contribution >= 4 is 0 Å². The van der Waals surface area contributed by atoms with Crippen molar-refractivity contribution in [2.24, 2.45) is 0 Å². The maximum absolute atomic E-state index is 3.28. The molecule has 0 aromatic heterocycles. The van der Waals surface area contributed by atoms with Crippen LogP contribution in [-0.2, 0) is 0 Å². The minimum atomic E-state index is 0.843. The van der Waals surface area contributed by atoms with Crippen LogP contribution in [0.2, 0.25) is 0 Å². The number of likely N-dealkylation sites (tertiary alicyclic amines) is 7. The third kappa shape index (κ3) is 34.9. The Kier molecular flexibility index (Phi) is 43.5. The maximum Gasteiger partial charge on any atom is 0.00703 e. The third-order valence-corrected chi connectivity index (χ3v) is 14.5. The maximum atomic E-state index is 3.28. The first-order valence-corrected chi connectivity index (χ1v) is 29.1. The molecular formula is C56H120N8. The Morgan fingerprint density at radius 2 is 0.672 bits per heavy atom. The summed E-state index contributed by atoms with van der Waals surface area (Å²) in [6, 6.07) is 1.69. The molecule has 0 aromatic rings. The molecular weight excluding hydrogens is 785 g/mol. The van der Waals surface area contributed by atoms with Crippen molar-refractivity contribution in [3.05, 3.63) is 0 Å². The smallest absolute Gasteiger partial charge is 0.00703 e. The van der Waals surface area contributed by atoms with Crippen LogP contribution in [0.3, 0.4) is 0 Å². The Balaban J connectivity index is 0.000000367. The van der Waals surface area contributed by atoms with Gasteiger partial charge in [0, 0.05) is 12.1 Å². The van der Waals surface area contributed by atoms with Gasteiger partial charge in [0.05, 0.1) is 0 Å². The average Bonchev–Trinajstić information content (AvgIpc) is 4.12. The first-order valence-electron chi connectivity index (χ1n) is 29.1. The second kappa shape index (κ2) is 45.1. The Morgan fingerprint density at radius 1 is 0.344 bits per heavy atom. The number of nitrogens with zero attached hydrogens (tertiary/aromatic N) is 7. The second-order valence-corrected chi connectivity index (χ2v) is 20.7. The van der Waals surface area contributed by atoms with E-state index in [-0.39, 0.29) is 0 Å². The van der Waals surface area contributed by atoms with Gasteiger partial charge in [-0.3, -0.25) is 4.90 Å². The zero-order valence-electron chi connectivity index (χ0n) is 45.6. The van der Waals surface area contributed by atoms with Gasteiger partial charge in [-0.05, 0) is 280 Å². The molecule has 0 radical (unpaired) electrons. The fraction of sp³-hybridized carbons (Fsp3) is 1.00. The predicted octanol–water partition coefficient (Wildman–Crippen LogP) is 12.0. The van der Waals surface area contributed by atoms with Crippen LogP contribution in [0.25, 0.3) is 0 Å². The molecule has 8 rings (SSSR count). The molecule has 0 amide bonds. The van der Waals surface area contributed by atoms with Gasteiger partial charge in [-0.25, -0.2) is 0 Å². The largest absolute Gasteiger partial charge is 0.317 e. The molecule has 0 saturated carbocycles. The monoisotopic (exact) mass is 905 g/mol. The summed E-state index contributed by atoms with van der Waals surface area (Å²) < 4.78 is 0. The quantitative estimate of drug-likeness (QED) is 0.208. The Bertz CT molecular complexity index is 876. The molecule has 0 aromatic carbocycles. The van der Waals surface area contributed by atoms with Crippen LogP contribution in [0, 0.1) is 0 Å². The summed E-state index contributed by atoms with van der Waals surface area (Å²) in [6.07, 6.45) is 35.1. The highest BCUT2D eigenvalue weighted by Crippen LogP contribution is 2.23. The summed E-state index contributed by atoms with van der Waals surface area (Å²) in [7, 11) is 2.19. The zero-order valence-corrected chi connectivity index (χ0v) is 45.6. The van der Waals surface area contributed by atoms with Crippen molar-refractivity contribution in [3.63, 3.8) is 0 Å². The van der Waals surface area contributed by atoms with Crippen LogP contribution >= 0.6 is 0 Å². The number of rotatable bonds is 12. The number of hydrogen-bond donors (Lipinski definition) is 1. The third-order valence-electron chi connectivity index (χ3n) is 14.5. The highest BCUT2D eigenvalue weighted by molar-refractivity contribution is 4.81. The standard InChI is InChI=1S/C9H19N.2C8H17N.2C7H15N.2C6H13N.C5H11N/c1-4-7-10-8(2)5-6-9(10)3;1-2-6-9-7-4-3-5-8-9;1-2-3-6-9-7-4-5-8-9;1-2-8-6-4-3-5-7-8;1-2-5-8-6-3-4-7-8;1-7-5-3-2-4-6-7;1-2-4-7-5-3-6-7;1-2-4-6-5-3-1/h8-9H,4-7H2,1-3H3;2*2-8H2,1H3;2*2-7H2,1H3;2*2-6H2,1H3;6H,1-5H2. The molecule has 8 saturated heterocycles. The number of hydrogen-bond acceptors (Lipinski definition) is 8. The van der Waals surface area contributed by atoms with Gasteiger partial charge in [0.1, 0.15) is 0 Å². The van der Waals surface area contributed by atoms with Gasteiger partial charge in [-0.2, -0.15) is 0 Å². The zero-order chi connectivity index (χ0) is 46.7. The van der Waals surface area contributed by atoms with E-state index in [1.807, 2.05) is 0 Å². The summed E-state index contributed by atoms with van der Waals surface area (Å²) in [5, 5.41) is 3.28. The Hall–Kier alpha value is -0.320. The lowest BCUT2D eigenvalue weighted by Gasteiger charge is -2.29. The van der Waals surface area contributed by atoms with Gasteiger partial charge in [0.25, 0.3) is 0 Å². The highest BCUT2D eigenvalue weighted by Gasteiger charge is 2.25. The normalized spacial score (nSPS) is 24.7. The van der Waals surface area contributed by atoms with Crippen molar-refractivity contribution < 1.29 is 0 Å². The van der Waals surface area contributed by atoms with E-state index in [1.54, 1.807) is 0 Å². The molecule has 8 heteroatoms. The molecule has 384 valence electrons. The van der Waals surface area contributed by atoms with E-state index in [1.165, 1.54) is 291 Å². The van der Waals surface area contributed by atoms with E-state index in [0.29, 0.717) is 0 Å². The van der Waals surface area contributed by atoms with E-state index >= 15 is 0 Å². The van der Waals surface area contributed by atoms with Crippen LogP contribution in [0.5, 0.6) is 0 Å². The van der Waals surface area contributed by atoms with Crippen molar-refractivity contribution in [2.45, 2.75) is 228 Å². The molecule has 2 unspecified atom stereocenters. The highest BCUT2D eigenvalue weighted by atomic mass is 15.2. The minimum Gasteiger partial charge on any atom is -0.317 e. The van der Waals surface area contributed by atoms with E-state index in [0.717, 1.165) is 12.1 Å². The SMILES string of the molecule is C1CCNCC1.CCCCN1CCCC1.CCCN1C(C)CCC1C.CCCN1CCC1.CCCN1CCCC1.CCCN1CCCCC1.CCN1CCCCC1.CN1CCCCC1. The Morgan fingerprint density at radius 3 is 0.922 bits per heavy atom. The van der Waals surface area contributed by atoms with Crippen LogP contribution < -0.4 is 5.32 Å². The number of unbranched alkanes of at least 4 members (excludes halogenated alkanes) is 1. The van der Waals surface area contributed by atoms with Crippen LogP contribution in [-0.4, -0.2) is 184 Å². The summed E-state index contributed by atoms with van der Waals surface area (Å²) >= 11 is 0. The molecule has 1 N–H and O–H groups in total. The minimum absolute atomic E-state index is 0.843.